The van der Waals surface area contributed by atoms with Gasteiger partial charge in [-0.3, -0.25) is 0 Å². The third-order valence-electron chi connectivity index (χ3n) is 2.86. The van der Waals surface area contributed by atoms with Gasteiger partial charge in [-0.05, 0) is 25.3 Å². The van der Waals surface area contributed by atoms with Gasteiger partial charge in [0, 0.05) is 23.4 Å². The van der Waals surface area contributed by atoms with Crippen molar-refractivity contribution in [1.82, 2.24) is 9.97 Å². The van der Waals surface area contributed by atoms with Crippen molar-refractivity contribution in [3.05, 3.63) is 33.8 Å². The normalized spacial score (nSPS) is 10.5. The molecule has 0 aliphatic rings. The number of aryl methyl sites for hydroxylation is 1. The van der Waals surface area contributed by atoms with Crippen molar-refractivity contribution in [2.24, 2.45) is 0 Å². The van der Waals surface area contributed by atoms with E-state index in [0.29, 0.717) is 0 Å². The van der Waals surface area contributed by atoms with E-state index >= 15 is 0 Å². The average molecular weight is 276 g/mol. The molecule has 0 atom stereocenters. The molecule has 0 saturated carbocycles. The van der Waals surface area contributed by atoms with E-state index in [2.05, 4.69) is 52.0 Å². The Kier molecular flexibility index (Phi) is 4.74. The maximum atomic E-state index is 4.58. The van der Waals surface area contributed by atoms with Crippen molar-refractivity contribution in [1.29, 1.82) is 0 Å². The van der Waals surface area contributed by atoms with Crippen LogP contribution >= 0.6 is 11.3 Å². The molecule has 0 saturated heterocycles. The lowest BCUT2D eigenvalue weighted by atomic mass is 10.3. The molecule has 0 unspecified atom stereocenters. The van der Waals surface area contributed by atoms with Gasteiger partial charge >= 0.3 is 0 Å². The Labute approximate surface area is 118 Å². The molecular formula is C14H20N4S. The minimum absolute atomic E-state index is 0.810. The number of nitrogens with zero attached hydrogens (tertiary/aromatic N) is 2. The third kappa shape index (κ3) is 3.44. The van der Waals surface area contributed by atoms with E-state index < -0.39 is 0 Å². The standard InChI is InChI=1S/C14H20N4S/c1-4-12-17-13(15-5-2)10(3)14(18-12)16-9-11-7-6-8-19-11/h6-8H,4-5,9H2,1-3H3,(H2,15,16,17,18). The van der Waals surface area contributed by atoms with E-state index in [4.69, 9.17) is 0 Å². The molecule has 2 aromatic heterocycles. The Morgan fingerprint density at radius 2 is 1.89 bits per heavy atom. The fourth-order valence-electron chi connectivity index (χ4n) is 1.82. The monoisotopic (exact) mass is 276 g/mol. The van der Waals surface area contributed by atoms with Crippen molar-refractivity contribution < 1.29 is 0 Å². The van der Waals surface area contributed by atoms with Gasteiger partial charge in [-0.25, -0.2) is 9.97 Å². The largest absolute Gasteiger partial charge is 0.370 e. The van der Waals surface area contributed by atoms with E-state index in [0.717, 1.165) is 42.5 Å². The first-order chi connectivity index (χ1) is 9.24. The van der Waals surface area contributed by atoms with Crippen molar-refractivity contribution in [2.45, 2.75) is 33.7 Å². The van der Waals surface area contributed by atoms with Crippen LogP contribution in [-0.4, -0.2) is 16.5 Å². The number of anilines is 2. The van der Waals surface area contributed by atoms with Crippen LogP contribution in [0.3, 0.4) is 0 Å². The third-order valence-corrected chi connectivity index (χ3v) is 3.74. The number of rotatable bonds is 6. The summed E-state index contributed by atoms with van der Waals surface area (Å²) in [6.45, 7) is 7.87. The lowest BCUT2D eigenvalue weighted by molar-refractivity contribution is 0.920. The molecular weight excluding hydrogens is 256 g/mol. The molecule has 0 bridgehead atoms. The molecule has 0 amide bonds. The van der Waals surface area contributed by atoms with Crippen LogP contribution in [0.15, 0.2) is 17.5 Å². The highest BCUT2D eigenvalue weighted by Gasteiger charge is 2.09. The first-order valence-electron chi connectivity index (χ1n) is 6.62. The summed E-state index contributed by atoms with van der Waals surface area (Å²) in [6.07, 6.45) is 0.840. The molecule has 19 heavy (non-hydrogen) atoms. The van der Waals surface area contributed by atoms with Crippen molar-refractivity contribution in [3.63, 3.8) is 0 Å². The van der Waals surface area contributed by atoms with Crippen molar-refractivity contribution >= 4 is 23.0 Å². The number of thiophene rings is 1. The van der Waals surface area contributed by atoms with Crippen LogP contribution in [-0.2, 0) is 13.0 Å². The summed E-state index contributed by atoms with van der Waals surface area (Å²) in [4.78, 5) is 10.4. The Morgan fingerprint density at radius 1 is 1.16 bits per heavy atom. The molecule has 0 spiro atoms. The predicted molar refractivity (Wildman–Crippen MR) is 82.0 cm³/mol. The van der Waals surface area contributed by atoms with Gasteiger partial charge in [0.1, 0.15) is 17.5 Å². The second-order valence-electron chi connectivity index (χ2n) is 4.28. The van der Waals surface area contributed by atoms with E-state index in [9.17, 15) is 0 Å². The first kappa shape index (κ1) is 13.8. The summed E-state index contributed by atoms with van der Waals surface area (Å²) in [5, 5.41) is 8.79. The van der Waals surface area contributed by atoms with Gasteiger partial charge < -0.3 is 10.6 Å². The van der Waals surface area contributed by atoms with Gasteiger partial charge in [0.05, 0.1) is 6.54 Å². The summed E-state index contributed by atoms with van der Waals surface area (Å²) >= 11 is 1.75. The minimum Gasteiger partial charge on any atom is -0.370 e. The second kappa shape index (κ2) is 6.52. The van der Waals surface area contributed by atoms with Gasteiger partial charge in [-0.15, -0.1) is 11.3 Å². The highest BCUT2D eigenvalue weighted by molar-refractivity contribution is 7.09. The Morgan fingerprint density at radius 3 is 2.47 bits per heavy atom. The number of hydrogen-bond acceptors (Lipinski definition) is 5. The lowest BCUT2D eigenvalue weighted by Crippen LogP contribution is -2.10. The fraction of sp³-hybridized carbons (Fsp3) is 0.429. The average Bonchev–Trinajstić information content (AvgIpc) is 2.93. The number of nitrogens with one attached hydrogen (secondary N) is 2. The number of aromatic nitrogens is 2. The highest BCUT2D eigenvalue weighted by atomic mass is 32.1. The summed E-state index contributed by atoms with van der Waals surface area (Å²) in [6, 6.07) is 4.19. The van der Waals surface area contributed by atoms with Gasteiger partial charge in [0.2, 0.25) is 0 Å². The Bertz CT molecular complexity index is 522. The van der Waals surface area contributed by atoms with E-state index in [1.807, 2.05) is 6.92 Å². The molecule has 5 heteroatoms. The van der Waals surface area contributed by atoms with Crippen LogP contribution in [0, 0.1) is 6.92 Å². The van der Waals surface area contributed by atoms with Crippen molar-refractivity contribution in [3.8, 4) is 0 Å². The van der Waals surface area contributed by atoms with Crippen LogP contribution in [0.25, 0.3) is 0 Å². The van der Waals surface area contributed by atoms with Gasteiger partial charge in [-0.2, -0.15) is 0 Å². The molecule has 2 aromatic rings. The second-order valence-corrected chi connectivity index (χ2v) is 5.31. The minimum atomic E-state index is 0.810. The molecule has 2 N–H and O–H groups in total. The highest BCUT2D eigenvalue weighted by Crippen LogP contribution is 2.21. The van der Waals surface area contributed by atoms with Crippen LogP contribution in [0.1, 0.15) is 30.1 Å². The van der Waals surface area contributed by atoms with Crippen LogP contribution < -0.4 is 10.6 Å². The van der Waals surface area contributed by atoms with Gasteiger partial charge in [0.25, 0.3) is 0 Å². The SMILES string of the molecule is CCNc1nc(CC)nc(NCc2cccs2)c1C. The maximum absolute atomic E-state index is 4.58. The Hall–Kier alpha value is -1.62. The molecule has 102 valence electrons. The predicted octanol–water partition coefficient (Wildman–Crippen LogP) is 3.45. The molecule has 0 fully saturated rings. The maximum Gasteiger partial charge on any atom is 0.135 e. The fourth-order valence-corrected chi connectivity index (χ4v) is 2.46. The quantitative estimate of drug-likeness (QED) is 0.848. The van der Waals surface area contributed by atoms with Crippen LogP contribution in [0.4, 0.5) is 11.6 Å². The molecule has 0 radical (unpaired) electrons. The molecule has 4 nitrogen and oxygen atoms in total. The zero-order valence-corrected chi connectivity index (χ0v) is 12.5. The lowest BCUT2D eigenvalue weighted by Gasteiger charge is -2.13. The summed E-state index contributed by atoms with van der Waals surface area (Å²) in [5.74, 6) is 2.73. The van der Waals surface area contributed by atoms with Gasteiger partial charge in [0.15, 0.2) is 0 Å². The molecule has 0 aliphatic carbocycles. The van der Waals surface area contributed by atoms with E-state index in [1.165, 1.54) is 4.88 Å². The van der Waals surface area contributed by atoms with Crippen LogP contribution in [0.5, 0.6) is 0 Å². The van der Waals surface area contributed by atoms with E-state index in [1.54, 1.807) is 11.3 Å². The summed E-state index contributed by atoms with van der Waals surface area (Å²) < 4.78 is 0. The molecule has 2 rings (SSSR count). The summed E-state index contributed by atoms with van der Waals surface area (Å²) in [5.41, 5.74) is 1.08. The zero-order chi connectivity index (χ0) is 13.7. The van der Waals surface area contributed by atoms with Crippen molar-refractivity contribution in [2.75, 3.05) is 17.2 Å². The Balaban J connectivity index is 2.20. The number of hydrogen-bond donors (Lipinski definition) is 2. The topological polar surface area (TPSA) is 49.8 Å². The first-order valence-corrected chi connectivity index (χ1v) is 7.50. The summed E-state index contributed by atoms with van der Waals surface area (Å²) in [7, 11) is 0. The molecule has 0 aliphatic heterocycles. The van der Waals surface area contributed by atoms with Gasteiger partial charge in [-0.1, -0.05) is 13.0 Å². The van der Waals surface area contributed by atoms with Crippen LogP contribution in [0.2, 0.25) is 0 Å². The molecule has 2 heterocycles. The molecule has 0 aromatic carbocycles. The smallest absolute Gasteiger partial charge is 0.135 e. The van der Waals surface area contributed by atoms with E-state index in [-0.39, 0.29) is 0 Å². The zero-order valence-electron chi connectivity index (χ0n) is 11.7.